The molecule has 0 radical (unpaired) electrons. The summed E-state index contributed by atoms with van der Waals surface area (Å²) in [6.45, 7) is 10.4. The van der Waals surface area contributed by atoms with E-state index in [4.69, 9.17) is 4.74 Å². The molecule has 2 rings (SSSR count). The minimum Gasteiger partial charge on any atom is -0.444 e. The van der Waals surface area contributed by atoms with Gasteiger partial charge in [0.2, 0.25) is 0 Å². The molecule has 0 aromatic rings. The minimum absolute atomic E-state index is 0.0261. The number of carbonyl (C=O) groups is 1. The van der Waals surface area contributed by atoms with E-state index in [0.29, 0.717) is 0 Å². The Morgan fingerprint density at radius 1 is 1.14 bits per heavy atom. The number of hydrogen-bond acceptors (Lipinski definition) is 4. The normalized spacial score (nSPS) is 26.2. The fraction of sp³-hybridized carbons (Fsp3) is 0.941. The van der Waals surface area contributed by atoms with Crippen LogP contribution in [-0.2, 0) is 4.74 Å². The van der Waals surface area contributed by atoms with Gasteiger partial charge in [0.1, 0.15) is 11.2 Å². The predicted octanol–water partition coefficient (Wildman–Crippen LogP) is 2.55. The molecule has 1 aliphatic heterocycles. The van der Waals surface area contributed by atoms with Gasteiger partial charge in [-0.25, -0.2) is 4.79 Å². The molecular weight excluding hydrogens is 282 g/mol. The van der Waals surface area contributed by atoms with Crippen LogP contribution in [0.25, 0.3) is 0 Å². The summed E-state index contributed by atoms with van der Waals surface area (Å²) in [5.74, 6) is 0. The van der Waals surface area contributed by atoms with Crippen LogP contribution < -0.4 is 0 Å². The number of carbonyl (C=O) groups excluding carboxylic acids is 1. The number of amides is 1. The highest BCUT2D eigenvalue weighted by atomic mass is 16.6. The molecule has 2 aliphatic rings. The van der Waals surface area contributed by atoms with Gasteiger partial charge in [0, 0.05) is 5.41 Å². The number of hydrogen-bond donors (Lipinski definition) is 2. The van der Waals surface area contributed by atoms with E-state index in [1.807, 2.05) is 20.8 Å². The number of likely N-dealkylation sites (tertiary alicyclic amines) is 1. The van der Waals surface area contributed by atoms with Crippen molar-refractivity contribution < 1.29 is 19.7 Å². The van der Waals surface area contributed by atoms with Gasteiger partial charge in [-0.15, -0.1) is 0 Å². The Kier molecular flexibility index (Phi) is 4.29. The van der Waals surface area contributed by atoms with Gasteiger partial charge in [-0.1, -0.05) is 13.8 Å². The van der Waals surface area contributed by atoms with Gasteiger partial charge >= 0.3 is 6.09 Å². The molecule has 2 fully saturated rings. The molecule has 1 saturated heterocycles. The zero-order valence-corrected chi connectivity index (χ0v) is 14.6. The van der Waals surface area contributed by atoms with E-state index in [9.17, 15) is 15.0 Å². The Bertz CT molecular complexity index is 422. The van der Waals surface area contributed by atoms with Crippen LogP contribution in [0.5, 0.6) is 0 Å². The maximum atomic E-state index is 12.0. The lowest BCUT2D eigenvalue weighted by molar-refractivity contribution is -0.203. The van der Waals surface area contributed by atoms with Gasteiger partial charge in [0.15, 0.2) is 0 Å². The van der Waals surface area contributed by atoms with Crippen molar-refractivity contribution in [1.29, 1.82) is 0 Å². The molecule has 5 nitrogen and oxygen atoms in total. The third-order valence-corrected chi connectivity index (χ3v) is 5.41. The Morgan fingerprint density at radius 3 is 2.05 bits per heavy atom. The molecule has 0 unspecified atom stereocenters. The number of rotatable bonds is 2. The molecule has 0 atom stereocenters. The van der Waals surface area contributed by atoms with Crippen LogP contribution in [0.1, 0.15) is 60.3 Å². The molecule has 1 aliphatic carbocycles. The van der Waals surface area contributed by atoms with E-state index >= 15 is 0 Å². The molecule has 0 aromatic heterocycles. The summed E-state index contributed by atoms with van der Waals surface area (Å²) < 4.78 is 5.34. The van der Waals surface area contributed by atoms with E-state index in [1.165, 1.54) is 4.90 Å². The van der Waals surface area contributed by atoms with E-state index in [1.54, 1.807) is 0 Å². The van der Waals surface area contributed by atoms with Crippen molar-refractivity contribution in [3.05, 3.63) is 0 Å². The van der Waals surface area contributed by atoms with Crippen molar-refractivity contribution in [1.82, 2.24) is 4.90 Å². The Labute approximate surface area is 133 Å². The number of β-amino-alcohol motifs (C(OH)–C–C–N with tert-alkyl or cyclic N) is 1. The van der Waals surface area contributed by atoms with Crippen molar-refractivity contribution in [3.8, 4) is 0 Å². The summed E-state index contributed by atoms with van der Waals surface area (Å²) in [4.78, 5) is 13.6. The summed E-state index contributed by atoms with van der Waals surface area (Å²) in [5.41, 5.74) is -1.74. The molecule has 1 saturated carbocycles. The van der Waals surface area contributed by atoms with E-state index in [0.717, 1.165) is 25.7 Å². The van der Waals surface area contributed by atoms with Gasteiger partial charge in [0.25, 0.3) is 0 Å². The first-order chi connectivity index (χ1) is 9.92. The second-order valence-corrected chi connectivity index (χ2v) is 8.97. The van der Waals surface area contributed by atoms with E-state index in [-0.39, 0.29) is 31.2 Å². The first kappa shape index (κ1) is 17.5. The molecule has 5 heteroatoms. The van der Waals surface area contributed by atoms with Crippen LogP contribution >= 0.6 is 0 Å². The fourth-order valence-electron chi connectivity index (χ4n) is 3.55. The molecule has 22 heavy (non-hydrogen) atoms. The van der Waals surface area contributed by atoms with Crippen LogP contribution in [0.15, 0.2) is 0 Å². The van der Waals surface area contributed by atoms with Gasteiger partial charge in [-0.05, 0) is 51.9 Å². The quantitative estimate of drug-likeness (QED) is 0.822. The van der Waals surface area contributed by atoms with Gasteiger partial charge in [-0.3, -0.25) is 0 Å². The lowest BCUT2D eigenvalue weighted by Gasteiger charge is -2.59. The number of ether oxygens (including phenoxy) is 1. The first-order valence-electron chi connectivity index (χ1n) is 8.23. The maximum Gasteiger partial charge on any atom is 0.410 e. The average Bonchev–Trinajstić information content (AvgIpc) is 2.33. The van der Waals surface area contributed by atoms with Crippen molar-refractivity contribution in [2.75, 3.05) is 19.7 Å². The van der Waals surface area contributed by atoms with Crippen LogP contribution in [0, 0.1) is 10.8 Å². The molecule has 1 heterocycles. The van der Waals surface area contributed by atoms with Crippen molar-refractivity contribution in [2.45, 2.75) is 71.5 Å². The lowest BCUT2D eigenvalue weighted by atomic mass is 9.56. The van der Waals surface area contributed by atoms with Crippen molar-refractivity contribution in [2.24, 2.45) is 10.8 Å². The predicted molar refractivity (Wildman–Crippen MR) is 84.5 cm³/mol. The zero-order chi connectivity index (χ0) is 16.8. The summed E-state index contributed by atoms with van der Waals surface area (Å²) >= 11 is 0. The maximum absolute atomic E-state index is 12.0. The highest BCUT2D eigenvalue weighted by Gasteiger charge is 2.59. The van der Waals surface area contributed by atoms with Gasteiger partial charge < -0.3 is 19.8 Å². The van der Waals surface area contributed by atoms with E-state index < -0.39 is 16.6 Å². The molecule has 0 spiro atoms. The van der Waals surface area contributed by atoms with Crippen LogP contribution in [0.3, 0.4) is 0 Å². The average molecular weight is 313 g/mol. The zero-order valence-electron chi connectivity index (χ0n) is 14.6. The summed E-state index contributed by atoms with van der Waals surface area (Å²) in [6.07, 6.45) is 3.19. The van der Waals surface area contributed by atoms with E-state index in [2.05, 4.69) is 13.8 Å². The molecule has 0 bridgehead atoms. The Balaban J connectivity index is 2.00. The monoisotopic (exact) mass is 313 g/mol. The number of nitrogens with zero attached hydrogens (tertiary/aromatic N) is 1. The van der Waals surface area contributed by atoms with Gasteiger partial charge in [-0.2, -0.15) is 0 Å². The summed E-state index contributed by atoms with van der Waals surface area (Å²) in [7, 11) is 0. The highest BCUT2D eigenvalue weighted by molar-refractivity contribution is 5.69. The molecule has 1 amide bonds. The minimum atomic E-state index is -0.991. The van der Waals surface area contributed by atoms with Crippen LogP contribution in [-0.4, -0.2) is 52.1 Å². The largest absolute Gasteiger partial charge is 0.444 e. The number of aliphatic hydroxyl groups excluding tert-OH is 1. The van der Waals surface area contributed by atoms with Crippen LogP contribution in [0.4, 0.5) is 4.79 Å². The third-order valence-electron chi connectivity index (χ3n) is 5.41. The Morgan fingerprint density at radius 2 is 1.64 bits per heavy atom. The SMILES string of the molecule is CC1(C)CCC(CO)(C2(O)CN(C(=O)OC(C)(C)C)C2)CC1. The molecule has 0 aromatic carbocycles. The van der Waals surface area contributed by atoms with Gasteiger partial charge in [0.05, 0.1) is 19.7 Å². The van der Waals surface area contributed by atoms with Crippen molar-refractivity contribution >= 4 is 6.09 Å². The molecule has 2 N–H and O–H groups in total. The standard InChI is InChI=1S/C17H31NO4/c1-14(2,3)22-13(20)18-10-17(21,11-18)16(12-19)8-6-15(4,5)7-9-16/h19,21H,6-12H2,1-5H3. The van der Waals surface area contributed by atoms with Crippen LogP contribution in [0.2, 0.25) is 0 Å². The lowest BCUT2D eigenvalue weighted by Crippen LogP contribution is -2.72. The summed E-state index contributed by atoms with van der Waals surface area (Å²) in [6, 6.07) is 0. The summed E-state index contributed by atoms with van der Waals surface area (Å²) in [5, 5.41) is 20.9. The second-order valence-electron chi connectivity index (χ2n) is 8.97. The fourth-order valence-corrected chi connectivity index (χ4v) is 3.55. The second kappa shape index (κ2) is 5.38. The number of aliphatic hydroxyl groups is 2. The highest BCUT2D eigenvalue weighted by Crippen LogP contribution is 2.53. The smallest absolute Gasteiger partial charge is 0.410 e. The molecular formula is C17H31NO4. The third kappa shape index (κ3) is 3.25. The molecule has 128 valence electrons. The Hall–Kier alpha value is -0.810. The first-order valence-corrected chi connectivity index (χ1v) is 8.23. The topological polar surface area (TPSA) is 70.0 Å². The van der Waals surface area contributed by atoms with Crippen molar-refractivity contribution in [3.63, 3.8) is 0 Å².